The van der Waals surface area contributed by atoms with Crippen LogP contribution in [0.2, 0.25) is 0 Å². The van der Waals surface area contributed by atoms with Crippen LogP contribution in [-0.4, -0.2) is 11.0 Å². The SMILES string of the molecule is Cc1cc(C)c(C(=O)P(=O)(C(=O)c2c(C)ccc(C)c2C)c2ccccc2)c(C)c1. The average molecular weight is 418 g/mol. The van der Waals surface area contributed by atoms with E-state index in [0.717, 1.165) is 33.4 Å². The number of aryl methyl sites for hydroxylation is 5. The van der Waals surface area contributed by atoms with Gasteiger partial charge in [-0.3, -0.25) is 9.59 Å². The predicted molar refractivity (Wildman–Crippen MR) is 124 cm³/mol. The summed E-state index contributed by atoms with van der Waals surface area (Å²) in [5.74, 6) is 0. The first kappa shape index (κ1) is 21.9. The quantitative estimate of drug-likeness (QED) is 0.463. The van der Waals surface area contributed by atoms with Crippen molar-refractivity contribution in [1.29, 1.82) is 0 Å². The molecule has 1 atom stereocenters. The molecule has 3 rings (SSSR count). The van der Waals surface area contributed by atoms with Gasteiger partial charge in [-0.25, -0.2) is 0 Å². The Hall–Kier alpha value is -2.77. The Labute approximate surface area is 178 Å². The molecule has 0 saturated heterocycles. The zero-order valence-electron chi connectivity index (χ0n) is 18.4. The second kappa shape index (κ2) is 8.16. The molecule has 1 unspecified atom stereocenters. The van der Waals surface area contributed by atoms with E-state index in [1.54, 1.807) is 30.3 Å². The molecule has 0 amide bonds. The van der Waals surface area contributed by atoms with Gasteiger partial charge in [0.1, 0.15) is 0 Å². The number of carbonyl (C=O) groups excluding carboxylic acids is 2. The van der Waals surface area contributed by atoms with Gasteiger partial charge in [0.15, 0.2) is 0 Å². The van der Waals surface area contributed by atoms with E-state index in [9.17, 15) is 14.2 Å². The molecule has 0 aliphatic carbocycles. The summed E-state index contributed by atoms with van der Waals surface area (Å²) in [4.78, 5) is 27.7. The minimum Gasteiger partial charge on any atom is -0.302 e. The molecular weight excluding hydrogens is 391 g/mol. The van der Waals surface area contributed by atoms with Crippen molar-refractivity contribution in [3.8, 4) is 0 Å². The molecule has 0 saturated carbocycles. The summed E-state index contributed by atoms with van der Waals surface area (Å²) in [5, 5.41) is 0.277. The smallest absolute Gasteiger partial charge is 0.248 e. The van der Waals surface area contributed by atoms with Gasteiger partial charge < -0.3 is 4.57 Å². The summed E-state index contributed by atoms with van der Waals surface area (Å²) in [6.45, 7) is 11.2. The van der Waals surface area contributed by atoms with Gasteiger partial charge in [0.05, 0.1) is 0 Å². The van der Waals surface area contributed by atoms with E-state index in [0.29, 0.717) is 11.1 Å². The van der Waals surface area contributed by atoms with Crippen molar-refractivity contribution in [2.24, 2.45) is 0 Å². The molecule has 0 heterocycles. The third-order valence-corrected chi connectivity index (χ3v) is 8.36. The standard InChI is InChI=1S/C26H27O3P/c1-16-14-19(4)23(20(5)15-16)25(27)30(29,22-10-8-7-9-11-22)26(28)24-18(3)13-12-17(2)21(24)6/h7-15H,1-6H3. The van der Waals surface area contributed by atoms with Gasteiger partial charge in [-0.05, 0) is 69.4 Å². The number of rotatable bonds is 5. The van der Waals surface area contributed by atoms with Crippen LogP contribution in [0.25, 0.3) is 0 Å². The van der Waals surface area contributed by atoms with Crippen LogP contribution < -0.4 is 5.30 Å². The first-order valence-electron chi connectivity index (χ1n) is 9.99. The van der Waals surface area contributed by atoms with E-state index in [2.05, 4.69) is 0 Å². The summed E-state index contributed by atoms with van der Waals surface area (Å²) in [7, 11) is -4.12. The predicted octanol–water partition coefficient (Wildman–Crippen LogP) is 6.21. The monoisotopic (exact) mass is 418 g/mol. The van der Waals surface area contributed by atoms with Gasteiger partial charge in [0, 0.05) is 16.4 Å². The topological polar surface area (TPSA) is 51.2 Å². The molecule has 30 heavy (non-hydrogen) atoms. The van der Waals surface area contributed by atoms with E-state index < -0.39 is 18.2 Å². The minimum absolute atomic E-state index is 0.277. The van der Waals surface area contributed by atoms with Crippen molar-refractivity contribution in [3.63, 3.8) is 0 Å². The van der Waals surface area contributed by atoms with Crippen molar-refractivity contribution in [3.05, 3.63) is 99.1 Å². The summed E-state index contributed by atoms with van der Waals surface area (Å²) in [5.41, 5.74) is 4.50. The molecule has 0 aromatic heterocycles. The fourth-order valence-electron chi connectivity index (χ4n) is 4.08. The molecule has 3 aromatic rings. The minimum atomic E-state index is -4.12. The summed E-state index contributed by atoms with van der Waals surface area (Å²) >= 11 is 0. The number of hydrogen-bond acceptors (Lipinski definition) is 3. The Morgan fingerprint density at radius 3 is 1.70 bits per heavy atom. The maximum Gasteiger partial charge on any atom is 0.248 e. The molecule has 0 bridgehead atoms. The molecule has 4 heteroatoms. The Morgan fingerprint density at radius 1 is 0.633 bits per heavy atom. The number of hydrogen-bond donors (Lipinski definition) is 0. The van der Waals surface area contributed by atoms with Crippen LogP contribution in [0.1, 0.15) is 54.1 Å². The van der Waals surface area contributed by atoms with Gasteiger partial charge in [0.25, 0.3) is 0 Å². The molecule has 0 radical (unpaired) electrons. The molecular formula is C26H27O3P. The Kier molecular flexibility index (Phi) is 5.97. The van der Waals surface area contributed by atoms with Crippen LogP contribution in [0.3, 0.4) is 0 Å². The highest BCUT2D eigenvalue weighted by molar-refractivity contribution is 8.01. The molecule has 0 aliphatic rings. The molecule has 0 spiro atoms. The number of carbonyl (C=O) groups is 2. The highest BCUT2D eigenvalue weighted by Crippen LogP contribution is 2.52. The van der Waals surface area contributed by atoms with Gasteiger partial charge in [-0.1, -0.05) is 60.2 Å². The number of benzene rings is 3. The lowest BCUT2D eigenvalue weighted by molar-refractivity contribution is 0.104. The molecule has 3 aromatic carbocycles. The maximum absolute atomic E-state index is 14.5. The first-order valence-corrected chi connectivity index (χ1v) is 11.7. The Morgan fingerprint density at radius 2 is 1.13 bits per heavy atom. The van der Waals surface area contributed by atoms with Gasteiger partial charge in [-0.2, -0.15) is 0 Å². The highest BCUT2D eigenvalue weighted by atomic mass is 31.2. The van der Waals surface area contributed by atoms with Crippen molar-refractivity contribution in [2.75, 3.05) is 0 Å². The van der Waals surface area contributed by atoms with Gasteiger partial charge in [0.2, 0.25) is 18.2 Å². The van der Waals surface area contributed by atoms with E-state index in [1.807, 2.05) is 65.8 Å². The van der Waals surface area contributed by atoms with Gasteiger partial charge >= 0.3 is 0 Å². The third-order valence-electron chi connectivity index (χ3n) is 5.74. The third kappa shape index (κ3) is 3.59. The zero-order valence-corrected chi connectivity index (χ0v) is 19.3. The van der Waals surface area contributed by atoms with Crippen LogP contribution >= 0.6 is 7.14 Å². The maximum atomic E-state index is 14.5. The van der Waals surface area contributed by atoms with Crippen LogP contribution in [0.15, 0.2) is 54.6 Å². The van der Waals surface area contributed by atoms with Crippen LogP contribution in [0.5, 0.6) is 0 Å². The highest BCUT2D eigenvalue weighted by Gasteiger charge is 2.44. The van der Waals surface area contributed by atoms with Crippen molar-refractivity contribution < 1.29 is 14.2 Å². The lowest BCUT2D eigenvalue weighted by Gasteiger charge is -2.21. The Balaban J connectivity index is 2.33. The van der Waals surface area contributed by atoms with Crippen LogP contribution in [0, 0.1) is 41.5 Å². The van der Waals surface area contributed by atoms with Gasteiger partial charge in [-0.15, -0.1) is 0 Å². The fraction of sp³-hybridized carbons (Fsp3) is 0.231. The van der Waals surface area contributed by atoms with Crippen molar-refractivity contribution in [1.82, 2.24) is 0 Å². The van der Waals surface area contributed by atoms with Crippen LogP contribution in [0.4, 0.5) is 0 Å². The largest absolute Gasteiger partial charge is 0.302 e. The lowest BCUT2D eigenvalue weighted by atomic mass is 9.99. The fourth-order valence-corrected chi connectivity index (χ4v) is 6.65. The summed E-state index contributed by atoms with van der Waals surface area (Å²) in [6.07, 6.45) is 0. The van der Waals surface area contributed by atoms with Crippen LogP contribution in [-0.2, 0) is 4.57 Å². The Bertz CT molecular complexity index is 1180. The molecule has 0 fully saturated rings. The normalized spacial score (nSPS) is 13.0. The second-order valence-electron chi connectivity index (χ2n) is 8.03. The summed E-state index contributed by atoms with van der Waals surface area (Å²) in [6, 6.07) is 16.0. The molecule has 154 valence electrons. The summed E-state index contributed by atoms with van der Waals surface area (Å²) < 4.78 is 14.5. The van der Waals surface area contributed by atoms with Crippen molar-refractivity contribution >= 4 is 23.5 Å². The van der Waals surface area contributed by atoms with E-state index >= 15 is 0 Å². The molecule has 3 nitrogen and oxygen atoms in total. The van der Waals surface area contributed by atoms with Crippen molar-refractivity contribution in [2.45, 2.75) is 41.5 Å². The molecule has 0 N–H and O–H groups in total. The average Bonchev–Trinajstić information content (AvgIpc) is 2.70. The van der Waals surface area contributed by atoms with E-state index in [-0.39, 0.29) is 5.30 Å². The van der Waals surface area contributed by atoms with E-state index in [4.69, 9.17) is 0 Å². The van der Waals surface area contributed by atoms with E-state index in [1.165, 1.54) is 0 Å². The second-order valence-corrected chi connectivity index (χ2v) is 10.6. The zero-order chi connectivity index (χ0) is 22.2. The lowest BCUT2D eigenvalue weighted by Crippen LogP contribution is -2.23. The first-order chi connectivity index (χ1) is 14.1. The molecule has 0 aliphatic heterocycles.